The van der Waals surface area contributed by atoms with Crippen molar-refractivity contribution in [1.29, 1.82) is 0 Å². The van der Waals surface area contributed by atoms with Gasteiger partial charge in [0.05, 0.1) is 45.8 Å². The van der Waals surface area contributed by atoms with Crippen LogP contribution in [0.15, 0.2) is 93.6 Å². The van der Waals surface area contributed by atoms with E-state index < -0.39 is 28.8 Å². The van der Waals surface area contributed by atoms with Gasteiger partial charge in [0.25, 0.3) is 5.91 Å². The van der Waals surface area contributed by atoms with Gasteiger partial charge >= 0.3 is 11.4 Å². The van der Waals surface area contributed by atoms with Crippen LogP contribution in [0.4, 0.5) is 14.5 Å². The molecule has 0 bridgehead atoms. The van der Waals surface area contributed by atoms with E-state index in [-0.39, 0.29) is 46.1 Å². The standard InChI is InChI=1S/C50H47F2N11O5/c1-25-16-32(17-26(2)41(25)51)63-44(60-14-13-59(48(60)66)37-11-10-36-33(42(37)52)23-54-58(36)7)40-28(4)61(39-24-53-22-34(39)43(40)56-63)45(64)38-19-31-18-29(30-12-15-67-49(5,6)21-30)8-9-35(31)62(38)50(20-27(50)3)46-55-47(65)68-57-46/h8-11,13-14,16-19,22-24,27-28,30,53H,12,15,20-21H2,1-7H3,(H,55,57,65)/t27-,28-,30-,50-/m0/s1. The van der Waals surface area contributed by atoms with E-state index in [0.717, 1.165) is 29.3 Å². The van der Waals surface area contributed by atoms with Crippen LogP contribution in [-0.4, -0.2) is 66.5 Å². The van der Waals surface area contributed by atoms with Crippen LogP contribution in [0, 0.1) is 31.4 Å². The molecule has 9 aromatic rings. The molecule has 2 fully saturated rings. The monoisotopic (exact) mass is 919 g/mol. The summed E-state index contributed by atoms with van der Waals surface area (Å²) in [5.41, 5.74) is 4.44. The van der Waals surface area contributed by atoms with Gasteiger partial charge in [0.1, 0.15) is 22.7 Å². The van der Waals surface area contributed by atoms with Crippen LogP contribution < -0.4 is 16.3 Å². The number of benzene rings is 3. The number of H-pyrrole nitrogens is 2. The van der Waals surface area contributed by atoms with E-state index in [0.29, 0.717) is 69.4 Å². The molecule has 8 heterocycles. The zero-order chi connectivity index (χ0) is 47.3. The van der Waals surface area contributed by atoms with Crippen LogP contribution in [0.2, 0.25) is 0 Å². The lowest BCUT2D eigenvalue weighted by molar-refractivity contribution is -0.0592. The van der Waals surface area contributed by atoms with Crippen molar-refractivity contribution in [3.05, 3.63) is 146 Å². The summed E-state index contributed by atoms with van der Waals surface area (Å²) in [7, 11) is 1.71. The molecule has 3 aliphatic rings. The molecule has 0 unspecified atom stereocenters. The number of ether oxygens (including phenoxy) is 1. The predicted molar refractivity (Wildman–Crippen MR) is 249 cm³/mol. The fourth-order valence-corrected chi connectivity index (χ4v) is 11.2. The fourth-order valence-electron chi connectivity index (χ4n) is 11.2. The molecule has 2 N–H and O–H groups in total. The summed E-state index contributed by atoms with van der Waals surface area (Å²) in [6.45, 7) is 12.1. The van der Waals surface area contributed by atoms with E-state index in [2.05, 4.69) is 59.2 Å². The first kappa shape index (κ1) is 41.8. The summed E-state index contributed by atoms with van der Waals surface area (Å²) in [6, 6.07) is 14.0. The van der Waals surface area contributed by atoms with E-state index >= 15 is 13.6 Å². The zero-order valence-electron chi connectivity index (χ0n) is 38.4. The first-order valence-corrected chi connectivity index (χ1v) is 22.7. The van der Waals surface area contributed by atoms with Crippen molar-refractivity contribution in [2.75, 3.05) is 11.5 Å². The fraction of sp³-hybridized carbons (Fsp3) is 0.320. The summed E-state index contributed by atoms with van der Waals surface area (Å²) >= 11 is 0. The topological polar surface area (TPSA) is 172 Å². The summed E-state index contributed by atoms with van der Waals surface area (Å²) in [4.78, 5) is 51.1. The molecule has 3 aromatic carbocycles. The van der Waals surface area contributed by atoms with Gasteiger partial charge in [-0.25, -0.2) is 23.1 Å². The Hall–Kier alpha value is -7.60. The third-order valence-corrected chi connectivity index (χ3v) is 14.7. The minimum Gasteiger partial charge on any atom is -0.376 e. The van der Waals surface area contributed by atoms with Crippen molar-refractivity contribution in [1.82, 2.24) is 48.4 Å². The Labute approximate surface area is 386 Å². The number of imidazole rings is 1. The smallest absolute Gasteiger partial charge is 0.376 e. The largest absolute Gasteiger partial charge is 0.438 e. The Morgan fingerprint density at radius 1 is 0.912 bits per heavy atom. The third-order valence-electron chi connectivity index (χ3n) is 14.7. The highest BCUT2D eigenvalue weighted by Gasteiger charge is 2.59. The number of anilines is 1. The van der Waals surface area contributed by atoms with Crippen LogP contribution in [0.5, 0.6) is 0 Å². The number of nitrogens with zero attached hydrogens (tertiary/aromatic N) is 9. The molecule has 0 radical (unpaired) electrons. The van der Waals surface area contributed by atoms with Gasteiger partial charge in [0.15, 0.2) is 17.5 Å². The number of nitrogens with one attached hydrogen (secondary N) is 2. The van der Waals surface area contributed by atoms with Gasteiger partial charge in [-0.2, -0.15) is 10.2 Å². The second-order valence-electron chi connectivity index (χ2n) is 19.4. The van der Waals surface area contributed by atoms with Crippen LogP contribution in [-0.2, 0) is 17.3 Å². The molecule has 1 aliphatic carbocycles. The molecule has 18 heteroatoms. The van der Waals surface area contributed by atoms with Crippen LogP contribution in [0.3, 0.4) is 0 Å². The van der Waals surface area contributed by atoms with Crippen LogP contribution in [0.25, 0.3) is 50.3 Å². The number of hydrogen-bond donors (Lipinski definition) is 2. The molecule has 0 spiro atoms. The van der Waals surface area contributed by atoms with Gasteiger partial charge in [-0.3, -0.25) is 33.0 Å². The Balaban J connectivity index is 1.06. The highest BCUT2D eigenvalue weighted by molar-refractivity contribution is 6.11. The van der Waals surface area contributed by atoms with Crippen molar-refractivity contribution in [2.24, 2.45) is 13.0 Å². The van der Waals surface area contributed by atoms with Gasteiger partial charge in [-0.15, -0.1) is 0 Å². The van der Waals surface area contributed by atoms with Crippen molar-refractivity contribution >= 4 is 33.4 Å². The van der Waals surface area contributed by atoms with Gasteiger partial charge in [-0.1, -0.05) is 18.1 Å². The molecule has 68 heavy (non-hydrogen) atoms. The molecule has 1 saturated carbocycles. The number of aryl methyl sites for hydroxylation is 3. The lowest BCUT2D eigenvalue weighted by Crippen LogP contribution is -2.39. The highest BCUT2D eigenvalue weighted by atomic mass is 19.1. The molecule has 346 valence electrons. The molecular weight excluding hydrogens is 873 g/mol. The Kier molecular flexibility index (Phi) is 8.88. The highest BCUT2D eigenvalue weighted by Crippen LogP contribution is 2.57. The predicted octanol–water partition coefficient (Wildman–Crippen LogP) is 8.40. The minimum absolute atomic E-state index is 0.0219. The number of halogens is 2. The number of carbonyl (C=O) groups excluding carboxylic acids is 1. The SMILES string of the molecule is Cc1cc(-n2nc3c(c2-n2ccn(-c4ccc5c(cnn5C)c4F)c2=O)[C@H](C)N(C(=O)c2cc4cc([C@H]5CCOC(C)(C)C5)ccc4n2[C@@]2(c4noc(=O)[nH]4)C[C@@H]2C)c2c[nH]cc2-3)cc(C)c1F. The van der Waals surface area contributed by atoms with Crippen molar-refractivity contribution in [3.8, 4) is 28.5 Å². The lowest BCUT2D eigenvalue weighted by atomic mass is 9.83. The zero-order valence-corrected chi connectivity index (χ0v) is 38.4. The van der Waals surface area contributed by atoms with Crippen LogP contribution in [0.1, 0.15) is 97.5 Å². The molecule has 12 rings (SSSR count). The van der Waals surface area contributed by atoms with Gasteiger partial charge in [0, 0.05) is 60.5 Å². The van der Waals surface area contributed by atoms with Gasteiger partial charge < -0.3 is 14.3 Å². The first-order chi connectivity index (χ1) is 32.6. The summed E-state index contributed by atoms with van der Waals surface area (Å²) in [5, 5.41) is 14.7. The first-order valence-electron chi connectivity index (χ1n) is 22.7. The second-order valence-corrected chi connectivity index (χ2v) is 19.4. The maximum absolute atomic E-state index is 16.3. The molecule has 16 nitrogen and oxygen atoms in total. The second kappa shape index (κ2) is 14.5. The Bertz CT molecular complexity index is 3680. The molecule has 4 atom stereocenters. The maximum atomic E-state index is 16.3. The number of rotatable bonds is 7. The quantitative estimate of drug-likeness (QED) is 0.161. The number of fused-ring (bicyclic) bond motifs is 5. The van der Waals surface area contributed by atoms with E-state index in [1.807, 2.05) is 17.6 Å². The van der Waals surface area contributed by atoms with Crippen molar-refractivity contribution in [2.45, 2.75) is 83.9 Å². The molecule has 1 amide bonds. The molecular formula is C50H47F2N11O5. The average Bonchev–Trinajstić information content (AvgIpc) is 4.06. The molecule has 1 saturated heterocycles. The normalized spacial score (nSPS) is 20.9. The lowest BCUT2D eigenvalue weighted by Gasteiger charge is -2.35. The summed E-state index contributed by atoms with van der Waals surface area (Å²) in [5.74, 6) is -1.23. The number of aromatic nitrogens is 10. The molecule has 2 aliphatic heterocycles. The van der Waals surface area contributed by atoms with Crippen molar-refractivity contribution < 1.29 is 22.8 Å². The summed E-state index contributed by atoms with van der Waals surface area (Å²) < 4.78 is 50.4. The van der Waals surface area contributed by atoms with Crippen LogP contribution >= 0.6 is 0 Å². The van der Waals surface area contributed by atoms with E-state index in [1.165, 1.54) is 27.6 Å². The van der Waals surface area contributed by atoms with E-state index in [4.69, 9.17) is 14.4 Å². The number of aromatic amines is 2. The number of amides is 1. The maximum Gasteiger partial charge on any atom is 0.438 e. The molecule has 6 aromatic heterocycles. The van der Waals surface area contributed by atoms with E-state index in [9.17, 15) is 9.59 Å². The van der Waals surface area contributed by atoms with Crippen molar-refractivity contribution in [3.63, 3.8) is 0 Å². The third kappa shape index (κ3) is 5.91. The minimum atomic E-state index is -0.912. The van der Waals surface area contributed by atoms with E-state index in [1.54, 1.807) is 71.9 Å². The number of carbonyl (C=O) groups is 1. The number of hydrogen-bond acceptors (Lipinski definition) is 8. The average molecular weight is 920 g/mol. The Morgan fingerprint density at radius 2 is 1.66 bits per heavy atom. The van der Waals surface area contributed by atoms with Gasteiger partial charge in [0.2, 0.25) is 0 Å². The van der Waals surface area contributed by atoms with Gasteiger partial charge in [-0.05, 0) is 125 Å². The summed E-state index contributed by atoms with van der Waals surface area (Å²) in [6.07, 6.45) is 10.2. The Morgan fingerprint density at radius 3 is 2.38 bits per heavy atom.